The Balaban J connectivity index is 2.33. The van der Waals surface area contributed by atoms with Gasteiger partial charge in [-0.15, -0.1) is 0 Å². The summed E-state index contributed by atoms with van der Waals surface area (Å²) in [5.41, 5.74) is 1.47. The van der Waals surface area contributed by atoms with Gasteiger partial charge in [-0.3, -0.25) is 0 Å². The predicted octanol–water partition coefficient (Wildman–Crippen LogP) is 3.67. The van der Waals surface area contributed by atoms with Crippen molar-refractivity contribution in [1.29, 1.82) is 0 Å². The van der Waals surface area contributed by atoms with Crippen LogP contribution in [0.4, 0.5) is 0 Å². The Morgan fingerprint density at radius 3 is 2.42 bits per heavy atom. The van der Waals surface area contributed by atoms with Gasteiger partial charge in [-0.1, -0.05) is 50.6 Å². The molecule has 0 spiro atoms. The molecule has 0 heterocycles. The minimum Gasteiger partial charge on any atom is -0.0651 e. The summed E-state index contributed by atoms with van der Waals surface area (Å²) in [6.45, 7) is 4.58. The van der Waals surface area contributed by atoms with E-state index in [4.69, 9.17) is 0 Å². The molecule has 0 aliphatic rings. The zero-order chi connectivity index (χ0) is 8.81. The van der Waals surface area contributed by atoms with Crippen molar-refractivity contribution in [2.75, 3.05) is 0 Å². The molecule has 0 nitrogen and oxygen atoms in total. The summed E-state index contributed by atoms with van der Waals surface area (Å²) < 4.78 is 0. The molecule has 0 fully saturated rings. The van der Waals surface area contributed by atoms with Crippen molar-refractivity contribution >= 4 is 0 Å². The fourth-order valence-corrected chi connectivity index (χ4v) is 1.26. The van der Waals surface area contributed by atoms with Gasteiger partial charge in [-0.05, 0) is 24.3 Å². The van der Waals surface area contributed by atoms with Crippen LogP contribution in [0.5, 0.6) is 0 Å². The Kier molecular flexibility index (Phi) is 3.86. The van der Waals surface area contributed by atoms with E-state index in [1.807, 2.05) is 0 Å². The first-order chi connectivity index (χ1) is 5.83. The van der Waals surface area contributed by atoms with Crippen LogP contribution in [0.25, 0.3) is 0 Å². The van der Waals surface area contributed by atoms with Crippen molar-refractivity contribution in [2.45, 2.75) is 33.1 Å². The van der Waals surface area contributed by atoms with Gasteiger partial charge in [0.15, 0.2) is 0 Å². The van der Waals surface area contributed by atoms with Crippen LogP contribution in [-0.4, -0.2) is 0 Å². The first-order valence-corrected chi connectivity index (χ1v) is 4.87. The number of hydrogen-bond acceptors (Lipinski definition) is 0. The quantitative estimate of drug-likeness (QED) is 0.633. The van der Waals surface area contributed by atoms with Gasteiger partial charge in [0, 0.05) is 0 Å². The number of rotatable bonds is 4. The maximum Gasteiger partial charge on any atom is -0.0276 e. The van der Waals surface area contributed by atoms with E-state index in [0.29, 0.717) is 0 Å². The highest BCUT2D eigenvalue weighted by Crippen LogP contribution is 2.11. The lowest BCUT2D eigenvalue weighted by Crippen LogP contribution is -1.94. The van der Waals surface area contributed by atoms with E-state index >= 15 is 0 Å². The summed E-state index contributed by atoms with van der Waals surface area (Å²) >= 11 is 0. The molecule has 0 bridgehead atoms. The van der Waals surface area contributed by atoms with Gasteiger partial charge in [0.25, 0.3) is 0 Å². The highest BCUT2D eigenvalue weighted by atomic mass is 14.0. The van der Waals surface area contributed by atoms with E-state index in [1.54, 1.807) is 0 Å². The molecule has 0 aliphatic heterocycles. The second kappa shape index (κ2) is 4.97. The van der Waals surface area contributed by atoms with Crippen LogP contribution in [0.15, 0.2) is 30.3 Å². The summed E-state index contributed by atoms with van der Waals surface area (Å²) in [4.78, 5) is 0. The second-order valence-corrected chi connectivity index (χ2v) is 3.54. The average Bonchev–Trinajstić information content (AvgIpc) is 2.16. The molecule has 1 aromatic carbocycles. The zero-order valence-electron chi connectivity index (χ0n) is 8.09. The molecule has 12 heavy (non-hydrogen) atoms. The second-order valence-electron chi connectivity index (χ2n) is 3.54. The molecule has 0 aliphatic carbocycles. The topological polar surface area (TPSA) is 0 Å². The third kappa shape index (κ3) is 3.08. The summed E-state index contributed by atoms with van der Waals surface area (Å²) in [7, 11) is 0. The maximum atomic E-state index is 2.32. The SMILES string of the molecule is CCC(C)CCc1ccccc1. The van der Waals surface area contributed by atoms with Gasteiger partial charge >= 0.3 is 0 Å². The predicted molar refractivity (Wildman–Crippen MR) is 54.2 cm³/mol. The average molecular weight is 162 g/mol. The van der Waals surface area contributed by atoms with E-state index in [2.05, 4.69) is 44.2 Å². The Labute approximate surface area is 75.6 Å². The highest BCUT2D eigenvalue weighted by Gasteiger charge is 1.98. The van der Waals surface area contributed by atoms with Crippen molar-refractivity contribution in [2.24, 2.45) is 5.92 Å². The van der Waals surface area contributed by atoms with Crippen LogP contribution in [0, 0.1) is 5.92 Å². The van der Waals surface area contributed by atoms with Gasteiger partial charge in [0.1, 0.15) is 0 Å². The molecule has 1 rings (SSSR count). The van der Waals surface area contributed by atoms with Crippen LogP contribution < -0.4 is 0 Å². The van der Waals surface area contributed by atoms with Crippen LogP contribution in [0.3, 0.4) is 0 Å². The van der Waals surface area contributed by atoms with E-state index in [0.717, 1.165) is 5.92 Å². The van der Waals surface area contributed by atoms with Crippen molar-refractivity contribution in [3.63, 3.8) is 0 Å². The molecule has 0 saturated heterocycles. The Morgan fingerprint density at radius 2 is 1.83 bits per heavy atom. The smallest absolute Gasteiger partial charge is 0.0276 e. The van der Waals surface area contributed by atoms with Gasteiger partial charge in [-0.2, -0.15) is 0 Å². The fraction of sp³-hybridized carbons (Fsp3) is 0.500. The lowest BCUT2D eigenvalue weighted by Gasteiger charge is -2.07. The Bertz CT molecular complexity index is 201. The molecule has 0 saturated carbocycles. The van der Waals surface area contributed by atoms with Crippen molar-refractivity contribution in [1.82, 2.24) is 0 Å². The molecule has 1 aromatic rings. The maximum absolute atomic E-state index is 2.32. The summed E-state index contributed by atoms with van der Waals surface area (Å²) in [6, 6.07) is 10.7. The highest BCUT2D eigenvalue weighted by molar-refractivity contribution is 5.14. The molecule has 66 valence electrons. The Morgan fingerprint density at radius 1 is 1.17 bits per heavy atom. The minimum absolute atomic E-state index is 0.866. The van der Waals surface area contributed by atoms with Crippen molar-refractivity contribution in [3.8, 4) is 0 Å². The third-order valence-corrected chi connectivity index (χ3v) is 2.47. The van der Waals surface area contributed by atoms with Gasteiger partial charge in [0.05, 0.1) is 0 Å². The molecular weight excluding hydrogens is 144 g/mol. The monoisotopic (exact) mass is 162 g/mol. The molecule has 0 radical (unpaired) electrons. The lowest BCUT2D eigenvalue weighted by molar-refractivity contribution is 0.516. The normalized spacial score (nSPS) is 12.8. The molecule has 0 aromatic heterocycles. The van der Waals surface area contributed by atoms with Crippen molar-refractivity contribution in [3.05, 3.63) is 35.9 Å². The molecule has 1 unspecified atom stereocenters. The van der Waals surface area contributed by atoms with Gasteiger partial charge in [0.2, 0.25) is 0 Å². The largest absolute Gasteiger partial charge is 0.0651 e. The van der Waals surface area contributed by atoms with E-state index < -0.39 is 0 Å². The van der Waals surface area contributed by atoms with E-state index in [9.17, 15) is 0 Å². The standard InChI is InChI=1S/C12H18/c1-3-11(2)9-10-12-7-5-4-6-8-12/h4-8,11H,3,9-10H2,1-2H3. The van der Waals surface area contributed by atoms with Crippen LogP contribution >= 0.6 is 0 Å². The first-order valence-electron chi connectivity index (χ1n) is 4.87. The lowest BCUT2D eigenvalue weighted by atomic mass is 9.99. The van der Waals surface area contributed by atoms with Crippen LogP contribution in [0.2, 0.25) is 0 Å². The fourth-order valence-electron chi connectivity index (χ4n) is 1.26. The molecular formula is C12H18. The zero-order valence-corrected chi connectivity index (χ0v) is 8.09. The van der Waals surface area contributed by atoms with Gasteiger partial charge in [-0.25, -0.2) is 0 Å². The van der Waals surface area contributed by atoms with Crippen LogP contribution in [-0.2, 0) is 6.42 Å². The summed E-state index contributed by atoms with van der Waals surface area (Å²) in [5, 5.41) is 0. The van der Waals surface area contributed by atoms with Crippen molar-refractivity contribution < 1.29 is 0 Å². The first kappa shape index (κ1) is 9.31. The molecule has 0 N–H and O–H groups in total. The van der Waals surface area contributed by atoms with E-state index in [1.165, 1.54) is 24.8 Å². The summed E-state index contributed by atoms with van der Waals surface area (Å²) in [5.74, 6) is 0.866. The Hall–Kier alpha value is -0.780. The number of aryl methyl sites for hydroxylation is 1. The summed E-state index contributed by atoms with van der Waals surface area (Å²) in [6.07, 6.45) is 3.85. The van der Waals surface area contributed by atoms with Gasteiger partial charge < -0.3 is 0 Å². The van der Waals surface area contributed by atoms with Crippen LogP contribution in [0.1, 0.15) is 32.3 Å². The minimum atomic E-state index is 0.866. The van der Waals surface area contributed by atoms with E-state index in [-0.39, 0.29) is 0 Å². The number of hydrogen-bond donors (Lipinski definition) is 0. The third-order valence-electron chi connectivity index (χ3n) is 2.47. The molecule has 1 atom stereocenters. The molecule has 0 amide bonds. The molecule has 0 heteroatoms. The number of benzene rings is 1.